The maximum Gasteiger partial charge on any atom is 0.277 e. The van der Waals surface area contributed by atoms with E-state index in [9.17, 15) is 0 Å². The first-order valence-electron chi connectivity index (χ1n) is 6.44. The number of imidazole rings is 1. The van der Waals surface area contributed by atoms with Crippen LogP contribution in [-0.2, 0) is 11.4 Å². The third kappa shape index (κ3) is 2.61. The zero-order valence-corrected chi connectivity index (χ0v) is 11.7. The van der Waals surface area contributed by atoms with E-state index in [0.717, 1.165) is 11.3 Å². The fourth-order valence-electron chi connectivity index (χ4n) is 2.03. The van der Waals surface area contributed by atoms with E-state index in [1.165, 1.54) is 0 Å². The average molecular weight is 285 g/mol. The summed E-state index contributed by atoms with van der Waals surface area (Å²) >= 11 is 0. The SMILES string of the molecule is CNOC(=N)c1nc(C)n(Cc2cn3ccccc3n2)n1. The van der Waals surface area contributed by atoms with Crippen LogP contribution in [0.2, 0.25) is 0 Å². The molecule has 3 heterocycles. The van der Waals surface area contributed by atoms with Crippen LogP contribution < -0.4 is 5.48 Å². The van der Waals surface area contributed by atoms with Crippen molar-refractivity contribution < 1.29 is 4.84 Å². The quantitative estimate of drug-likeness (QED) is 0.419. The largest absolute Gasteiger partial charge is 0.385 e. The van der Waals surface area contributed by atoms with Gasteiger partial charge in [-0.05, 0) is 19.1 Å². The van der Waals surface area contributed by atoms with Gasteiger partial charge >= 0.3 is 0 Å². The highest BCUT2D eigenvalue weighted by atomic mass is 16.6. The molecule has 0 aromatic carbocycles. The van der Waals surface area contributed by atoms with Gasteiger partial charge in [-0.2, -0.15) is 5.48 Å². The van der Waals surface area contributed by atoms with Crippen LogP contribution in [0.4, 0.5) is 0 Å². The van der Waals surface area contributed by atoms with Crippen LogP contribution in [0.1, 0.15) is 17.3 Å². The molecule has 8 heteroatoms. The van der Waals surface area contributed by atoms with Crippen LogP contribution >= 0.6 is 0 Å². The Hall–Kier alpha value is -2.74. The van der Waals surface area contributed by atoms with Crippen molar-refractivity contribution in [1.29, 1.82) is 5.41 Å². The summed E-state index contributed by atoms with van der Waals surface area (Å²) in [6.07, 6.45) is 3.90. The molecule has 3 aromatic heterocycles. The molecule has 0 amide bonds. The highest BCUT2D eigenvalue weighted by Gasteiger charge is 2.13. The fourth-order valence-corrected chi connectivity index (χ4v) is 2.03. The van der Waals surface area contributed by atoms with Gasteiger partial charge < -0.3 is 9.24 Å². The number of fused-ring (bicyclic) bond motifs is 1. The average Bonchev–Trinajstić information content (AvgIpc) is 3.03. The molecular formula is C13H15N7O. The molecule has 2 N–H and O–H groups in total. The predicted molar refractivity (Wildman–Crippen MR) is 76.0 cm³/mol. The Morgan fingerprint density at radius 3 is 3.00 bits per heavy atom. The number of rotatable bonds is 4. The molecule has 3 rings (SSSR count). The lowest BCUT2D eigenvalue weighted by Crippen LogP contribution is -2.17. The molecular weight excluding hydrogens is 270 g/mol. The second kappa shape index (κ2) is 5.33. The van der Waals surface area contributed by atoms with Crippen molar-refractivity contribution in [2.75, 3.05) is 7.05 Å². The first-order valence-corrected chi connectivity index (χ1v) is 6.44. The summed E-state index contributed by atoms with van der Waals surface area (Å²) in [5, 5.41) is 11.9. The Morgan fingerprint density at radius 2 is 2.24 bits per heavy atom. The molecule has 0 aliphatic heterocycles. The van der Waals surface area contributed by atoms with Crippen molar-refractivity contribution in [3.05, 3.63) is 47.9 Å². The Balaban J connectivity index is 1.85. The summed E-state index contributed by atoms with van der Waals surface area (Å²) in [4.78, 5) is 13.6. The van der Waals surface area contributed by atoms with Gasteiger partial charge in [-0.3, -0.25) is 5.41 Å². The van der Waals surface area contributed by atoms with Gasteiger partial charge in [0.25, 0.3) is 5.90 Å². The molecule has 0 saturated carbocycles. The van der Waals surface area contributed by atoms with E-state index in [4.69, 9.17) is 10.2 Å². The molecule has 0 fully saturated rings. The van der Waals surface area contributed by atoms with E-state index < -0.39 is 0 Å². The number of pyridine rings is 1. The molecule has 0 spiro atoms. The number of hydrogen-bond donors (Lipinski definition) is 2. The molecule has 108 valence electrons. The fraction of sp³-hybridized carbons (Fsp3) is 0.231. The van der Waals surface area contributed by atoms with E-state index >= 15 is 0 Å². The molecule has 3 aromatic rings. The van der Waals surface area contributed by atoms with Gasteiger partial charge in [-0.15, -0.1) is 5.10 Å². The number of aryl methyl sites for hydroxylation is 1. The summed E-state index contributed by atoms with van der Waals surface area (Å²) in [7, 11) is 1.58. The van der Waals surface area contributed by atoms with E-state index in [1.807, 2.05) is 41.9 Å². The minimum Gasteiger partial charge on any atom is -0.385 e. The van der Waals surface area contributed by atoms with Gasteiger partial charge in [0.1, 0.15) is 11.5 Å². The van der Waals surface area contributed by atoms with E-state index in [-0.39, 0.29) is 11.7 Å². The van der Waals surface area contributed by atoms with Crippen LogP contribution in [0.15, 0.2) is 30.6 Å². The van der Waals surface area contributed by atoms with Crippen molar-refractivity contribution in [2.45, 2.75) is 13.5 Å². The molecule has 8 nitrogen and oxygen atoms in total. The summed E-state index contributed by atoms with van der Waals surface area (Å²) in [6.45, 7) is 2.33. The standard InChI is InChI=1S/C13H15N7O/c1-9-16-13(12(14)21-15-2)18-20(9)8-10-7-19-6-4-3-5-11(19)17-10/h3-7,14-15H,8H2,1-2H3. The van der Waals surface area contributed by atoms with Crippen LogP contribution in [0.5, 0.6) is 0 Å². The van der Waals surface area contributed by atoms with Crippen LogP contribution in [0.25, 0.3) is 5.65 Å². The molecule has 0 atom stereocenters. The smallest absolute Gasteiger partial charge is 0.277 e. The summed E-state index contributed by atoms with van der Waals surface area (Å²) in [5.74, 6) is 0.825. The van der Waals surface area contributed by atoms with Gasteiger partial charge in [0.2, 0.25) is 5.82 Å². The van der Waals surface area contributed by atoms with Gasteiger partial charge in [0.05, 0.1) is 12.2 Å². The van der Waals surface area contributed by atoms with Gasteiger partial charge in [0.15, 0.2) is 0 Å². The Kier molecular flexibility index (Phi) is 3.36. The highest BCUT2D eigenvalue weighted by molar-refractivity contribution is 5.87. The maximum absolute atomic E-state index is 7.66. The molecule has 0 bridgehead atoms. The lowest BCUT2D eigenvalue weighted by Gasteiger charge is -1.99. The third-order valence-corrected chi connectivity index (χ3v) is 2.99. The lowest BCUT2D eigenvalue weighted by molar-refractivity contribution is 0.206. The maximum atomic E-state index is 7.66. The molecule has 0 unspecified atom stereocenters. The third-order valence-electron chi connectivity index (χ3n) is 2.99. The Morgan fingerprint density at radius 1 is 1.38 bits per heavy atom. The number of aromatic nitrogens is 5. The lowest BCUT2D eigenvalue weighted by atomic mass is 10.5. The summed E-state index contributed by atoms with van der Waals surface area (Å²) < 4.78 is 3.65. The van der Waals surface area contributed by atoms with Crippen molar-refractivity contribution in [3.63, 3.8) is 0 Å². The second-order valence-corrected chi connectivity index (χ2v) is 4.47. The second-order valence-electron chi connectivity index (χ2n) is 4.47. The molecule has 0 radical (unpaired) electrons. The first kappa shape index (κ1) is 13.3. The van der Waals surface area contributed by atoms with Crippen molar-refractivity contribution >= 4 is 11.5 Å². The van der Waals surface area contributed by atoms with Crippen molar-refractivity contribution in [1.82, 2.24) is 29.6 Å². The minimum atomic E-state index is -0.116. The van der Waals surface area contributed by atoms with Crippen molar-refractivity contribution in [2.24, 2.45) is 0 Å². The van der Waals surface area contributed by atoms with E-state index in [0.29, 0.717) is 12.4 Å². The Bertz CT molecular complexity index is 756. The first-order chi connectivity index (χ1) is 10.2. The van der Waals surface area contributed by atoms with E-state index in [2.05, 4.69) is 20.5 Å². The predicted octanol–water partition coefficient (Wildman–Crippen LogP) is 0.759. The zero-order valence-electron chi connectivity index (χ0n) is 11.7. The number of hydrogen-bond acceptors (Lipinski definition) is 6. The zero-order chi connectivity index (χ0) is 14.8. The van der Waals surface area contributed by atoms with Gasteiger partial charge in [-0.25, -0.2) is 14.6 Å². The van der Waals surface area contributed by atoms with Gasteiger partial charge in [0, 0.05) is 19.4 Å². The normalized spacial score (nSPS) is 11.0. The summed E-state index contributed by atoms with van der Waals surface area (Å²) in [5.41, 5.74) is 4.20. The van der Waals surface area contributed by atoms with Crippen LogP contribution in [0.3, 0.4) is 0 Å². The van der Waals surface area contributed by atoms with E-state index in [1.54, 1.807) is 11.7 Å². The number of nitrogens with zero attached hydrogens (tertiary/aromatic N) is 5. The number of nitrogens with one attached hydrogen (secondary N) is 2. The van der Waals surface area contributed by atoms with Crippen LogP contribution in [-0.4, -0.2) is 37.1 Å². The summed E-state index contributed by atoms with van der Waals surface area (Å²) in [6, 6.07) is 5.84. The molecule has 0 aliphatic rings. The highest BCUT2D eigenvalue weighted by Crippen LogP contribution is 2.07. The molecule has 0 aliphatic carbocycles. The topological polar surface area (TPSA) is 93.1 Å². The Labute approximate surface area is 120 Å². The van der Waals surface area contributed by atoms with Crippen molar-refractivity contribution in [3.8, 4) is 0 Å². The molecule has 0 saturated heterocycles. The molecule has 21 heavy (non-hydrogen) atoms. The minimum absolute atomic E-state index is 0.116. The van der Waals surface area contributed by atoms with Crippen LogP contribution in [0, 0.1) is 12.3 Å². The van der Waals surface area contributed by atoms with Gasteiger partial charge in [-0.1, -0.05) is 6.07 Å². The number of hydroxylamine groups is 1. The monoisotopic (exact) mass is 285 g/mol.